The normalized spacial score (nSPS) is 16.7. The molecule has 1 fully saturated rings. The van der Waals surface area contributed by atoms with Crippen molar-refractivity contribution >= 4 is 45.3 Å². The Bertz CT molecular complexity index is 951. The van der Waals surface area contributed by atoms with Crippen LogP contribution in [-0.4, -0.2) is 28.6 Å². The van der Waals surface area contributed by atoms with Crippen LogP contribution in [0.15, 0.2) is 41.8 Å². The fourth-order valence-corrected chi connectivity index (χ4v) is 4.50. The second kappa shape index (κ2) is 7.58. The molecule has 3 aromatic rings. The van der Waals surface area contributed by atoms with Gasteiger partial charge in [-0.3, -0.25) is 14.9 Å². The number of rotatable bonds is 5. The number of hydrogen-bond donors (Lipinski definition) is 1. The molecule has 0 radical (unpaired) electrons. The average molecular weight is 399 g/mol. The van der Waals surface area contributed by atoms with E-state index >= 15 is 0 Å². The number of hydrogen-bond acceptors (Lipinski definition) is 6. The molecule has 0 saturated carbocycles. The summed E-state index contributed by atoms with van der Waals surface area (Å²) in [5.74, 6) is -0.107. The van der Waals surface area contributed by atoms with E-state index in [0.29, 0.717) is 23.0 Å². The minimum atomic E-state index is -0.187. The number of benzene rings is 1. The molecule has 4 rings (SSSR count). The molecule has 0 unspecified atom stereocenters. The Kier molecular flexibility index (Phi) is 5.00. The van der Waals surface area contributed by atoms with Crippen LogP contribution >= 0.6 is 22.7 Å². The highest BCUT2D eigenvalue weighted by Gasteiger charge is 2.34. The van der Waals surface area contributed by atoms with Crippen LogP contribution in [-0.2, 0) is 11.2 Å². The fourth-order valence-electron chi connectivity index (χ4n) is 3.05. The molecule has 1 atom stereocenters. The standard InChI is InChI=1S/C19H18N4O2S2/c1-2-12-5-7-14(8-6-12)23-11-13(10-16(23)24)18-21-22-19(27-18)20-17(25)15-4-3-9-26-15/h3-9,13H,2,10-11H2,1H3,(H,20,22,25)/t13-/m1/s1. The molecule has 3 heterocycles. The highest BCUT2D eigenvalue weighted by atomic mass is 32.1. The van der Waals surface area contributed by atoms with Gasteiger partial charge in [0, 0.05) is 24.6 Å². The third-order valence-electron chi connectivity index (χ3n) is 4.54. The number of amides is 2. The topological polar surface area (TPSA) is 75.2 Å². The SMILES string of the molecule is CCc1ccc(N2C[C@H](c3nnc(NC(=O)c4cccs4)s3)CC2=O)cc1. The number of carbonyl (C=O) groups excluding carboxylic acids is 2. The average Bonchev–Trinajstić information content (AvgIpc) is 3.42. The van der Waals surface area contributed by atoms with Crippen LogP contribution in [0.1, 0.15) is 39.5 Å². The predicted molar refractivity (Wildman–Crippen MR) is 108 cm³/mol. The van der Waals surface area contributed by atoms with E-state index in [9.17, 15) is 9.59 Å². The molecule has 1 N–H and O–H groups in total. The van der Waals surface area contributed by atoms with Crippen LogP contribution in [0, 0.1) is 0 Å². The highest BCUT2D eigenvalue weighted by Crippen LogP contribution is 2.34. The number of nitrogens with zero attached hydrogens (tertiary/aromatic N) is 3. The van der Waals surface area contributed by atoms with Crippen LogP contribution in [0.4, 0.5) is 10.8 Å². The van der Waals surface area contributed by atoms with Crippen LogP contribution in [0.2, 0.25) is 0 Å². The lowest BCUT2D eigenvalue weighted by molar-refractivity contribution is -0.117. The number of thiophene rings is 1. The lowest BCUT2D eigenvalue weighted by Crippen LogP contribution is -2.24. The first-order valence-electron chi connectivity index (χ1n) is 8.71. The van der Waals surface area contributed by atoms with Crippen LogP contribution in [0.5, 0.6) is 0 Å². The van der Waals surface area contributed by atoms with Crippen molar-refractivity contribution in [3.8, 4) is 0 Å². The van der Waals surface area contributed by atoms with Crippen molar-refractivity contribution in [1.29, 1.82) is 0 Å². The molecule has 1 aliphatic rings. The van der Waals surface area contributed by atoms with E-state index in [4.69, 9.17) is 0 Å². The fraction of sp³-hybridized carbons (Fsp3) is 0.263. The summed E-state index contributed by atoms with van der Waals surface area (Å²) in [6, 6.07) is 11.7. The Morgan fingerprint density at radius 2 is 2.07 bits per heavy atom. The highest BCUT2D eigenvalue weighted by molar-refractivity contribution is 7.15. The van der Waals surface area contributed by atoms with Crippen molar-refractivity contribution in [1.82, 2.24) is 10.2 Å². The molecule has 0 spiro atoms. The summed E-state index contributed by atoms with van der Waals surface area (Å²) in [4.78, 5) is 27.0. The molecule has 2 aromatic heterocycles. The molecule has 1 saturated heterocycles. The lowest BCUT2D eigenvalue weighted by atomic mass is 10.1. The monoisotopic (exact) mass is 398 g/mol. The predicted octanol–water partition coefficient (Wildman–Crippen LogP) is 3.93. The maximum absolute atomic E-state index is 12.5. The summed E-state index contributed by atoms with van der Waals surface area (Å²) in [5.41, 5.74) is 2.16. The molecule has 138 valence electrons. The van der Waals surface area contributed by atoms with Gasteiger partial charge in [0.05, 0.1) is 4.88 Å². The minimum Gasteiger partial charge on any atom is -0.312 e. The van der Waals surface area contributed by atoms with E-state index in [1.165, 1.54) is 28.2 Å². The van der Waals surface area contributed by atoms with Crippen molar-refractivity contribution in [3.05, 3.63) is 57.2 Å². The van der Waals surface area contributed by atoms with Gasteiger partial charge in [0.15, 0.2) is 0 Å². The Balaban J connectivity index is 1.44. The number of anilines is 2. The third kappa shape index (κ3) is 3.77. The van der Waals surface area contributed by atoms with Gasteiger partial charge in [0.1, 0.15) is 5.01 Å². The zero-order chi connectivity index (χ0) is 18.8. The molecule has 2 amide bonds. The van der Waals surface area contributed by atoms with Crippen molar-refractivity contribution in [2.75, 3.05) is 16.8 Å². The Morgan fingerprint density at radius 1 is 1.26 bits per heavy atom. The molecule has 1 aromatic carbocycles. The second-order valence-electron chi connectivity index (χ2n) is 6.30. The Morgan fingerprint density at radius 3 is 2.78 bits per heavy atom. The first-order chi connectivity index (χ1) is 13.1. The van der Waals surface area contributed by atoms with Gasteiger partial charge in [0.25, 0.3) is 5.91 Å². The van der Waals surface area contributed by atoms with Gasteiger partial charge < -0.3 is 4.90 Å². The van der Waals surface area contributed by atoms with E-state index in [1.54, 1.807) is 11.0 Å². The molecule has 8 heteroatoms. The van der Waals surface area contributed by atoms with Gasteiger partial charge >= 0.3 is 0 Å². The van der Waals surface area contributed by atoms with Crippen molar-refractivity contribution in [2.45, 2.75) is 25.7 Å². The lowest BCUT2D eigenvalue weighted by Gasteiger charge is -2.16. The van der Waals surface area contributed by atoms with Gasteiger partial charge in [-0.1, -0.05) is 36.5 Å². The maximum Gasteiger partial charge on any atom is 0.267 e. The van der Waals surface area contributed by atoms with E-state index in [2.05, 4.69) is 34.6 Å². The third-order valence-corrected chi connectivity index (χ3v) is 6.41. The largest absolute Gasteiger partial charge is 0.312 e. The molecular weight excluding hydrogens is 380 g/mol. The van der Waals surface area contributed by atoms with E-state index < -0.39 is 0 Å². The Hall–Kier alpha value is -2.58. The van der Waals surface area contributed by atoms with Crippen LogP contribution in [0.25, 0.3) is 0 Å². The van der Waals surface area contributed by atoms with Gasteiger partial charge in [-0.2, -0.15) is 0 Å². The maximum atomic E-state index is 12.5. The Labute approximate surface area is 164 Å². The van der Waals surface area contributed by atoms with E-state index in [1.807, 2.05) is 23.6 Å². The van der Waals surface area contributed by atoms with E-state index in [0.717, 1.165) is 17.1 Å². The summed E-state index contributed by atoms with van der Waals surface area (Å²) in [6.07, 6.45) is 1.38. The van der Waals surface area contributed by atoms with Crippen LogP contribution < -0.4 is 10.2 Å². The molecule has 27 heavy (non-hydrogen) atoms. The first kappa shape index (κ1) is 17.8. The molecule has 1 aliphatic heterocycles. The summed E-state index contributed by atoms with van der Waals surface area (Å²) in [5, 5.41) is 14.1. The van der Waals surface area contributed by atoms with Gasteiger partial charge in [0.2, 0.25) is 11.0 Å². The van der Waals surface area contributed by atoms with E-state index in [-0.39, 0.29) is 17.7 Å². The molecular formula is C19H18N4O2S2. The quantitative estimate of drug-likeness (QED) is 0.706. The molecule has 0 bridgehead atoms. The first-order valence-corrected chi connectivity index (χ1v) is 10.4. The zero-order valence-electron chi connectivity index (χ0n) is 14.7. The zero-order valence-corrected chi connectivity index (χ0v) is 16.3. The van der Waals surface area contributed by atoms with Crippen molar-refractivity contribution in [3.63, 3.8) is 0 Å². The number of aromatic nitrogens is 2. The van der Waals surface area contributed by atoms with Crippen molar-refractivity contribution in [2.24, 2.45) is 0 Å². The molecule has 6 nitrogen and oxygen atoms in total. The number of carbonyl (C=O) groups is 2. The van der Waals surface area contributed by atoms with Crippen LogP contribution in [0.3, 0.4) is 0 Å². The smallest absolute Gasteiger partial charge is 0.267 e. The molecule has 0 aliphatic carbocycles. The number of nitrogens with one attached hydrogen (secondary N) is 1. The minimum absolute atomic E-state index is 0.00626. The second-order valence-corrected chi connectivity index (χ2v) is 8.26. The van der Waals surface area contributed by atoms with Gasteiger partial charge in [-0.05, 0) is 35.6 Å². The number of aryl methyl sites for hydroxylation is 1. The van der Waals surface area contributed by atoms with Gasteiger partial charge in [-0.25, -0.2) is 0 Å². The summed E-state index contributed by atoms with van der Waals surface area (Å²) in [6.45, 7) is 2.69. The van der Waals surface area contributed by atoms with Gasteiger partial charge in [-0.15, -0.1) is 21.5 Å². The summed E-state index contributed by atoms with van der Waals surface area (Å²) >= 11 is 2.71. The summed E-state index contributed by atoms with van der Waals surface area (Å²) < 4.78 is 0. The summed E-state index contributed by atoms with van der Waals surface area (Å²) in [7, 11) is 0. The van der Waals surface area contributed by atoms with Crippen molar-refractivity contribution < 1.29 is 9.59 Å².